The van der Waals surface area contributed by atoms with E-state index in [2.05, 4.69) is 5.32 Å². The van der Waals surface area contributed by atoms with Gasteiger partial charge >= 0.3 is 12.1 Å². The Morgan fingerprint density at radius 1 is 1.19 bits per heavy atom. The van der Waals surface area contributed by atoms with E-state index in [1.165, 1.54) is 12.1 Å². The summed E-state index contributed by atoms with van der Waals surface area (Å²) in [7, 11) is 0. The summed E-state index contributed by atoms with van der Waals surface area (Å²) in [6.07, 6.45) is -3.87. The molecule has 5 nitrogen and oxygen atoms in total. The fourth-order valence-electron chi connectivity index (χ4n) is 4.07. The van der Waals surface area contributed by atoms with Crippen molar-refractivity contribution in [3.05, 3.63) is 35.4 Å². The first-order valence-corrected chi connectivity index (χ1v) is 8.66. The SMILES string of the molecule is O=C(O)CCC(=O)N1C[C@H](c2ccc(C(F)(F)F)cc2)[C@H]2CNCC[C@H]21. The van der Waals surface area contributed by atoms with E-state index in [0.29, 0.717) is 13.1 Å². The molecular weight excluding hydrogens is 349 g/mol. The second kappa shape index (κ2) is 7.26. The van der Waals surface area contributed by atoms with Crippen LogP contribution in [-0.2, 0) is 15.8 Å². The van der Waals surface area contributed by atoms with Gasteiger partial charge in [0.2, 0.25) is 5.91 Å². The van der Waals surface area contributed by atoms with Crippen molar-refractivity contribution in [1.82, 2.24) is 10.2 Å². The van der Waals surface area contributed by atoms with Gasteiger partial charge in [-0.25, -0.2) is 0 Å². The molecule has 0 aromatic heterocycles. The van der Waals surface area contributed by atoms with Crippen molar-refractivity contribution in [2.45, 2.75) is 37.4 Å². The van der Waals surface area contributed by atoms with E-state index < -0.39 is 17.7 Å². The number of carbonyl (C=O) groups excluding carboxylic acids is 1. The molecule has 142 valence electrons. The van der Waals surface area contributed by atoms with Crippen LogP contribution in [0.25, 0.3) is 0 Å². The predicted molar refractivity (Wildman–Crippen MR) is 87.5 cm³/mol. The molecule has 3 rings (SSSR count). The standard InChI is InChI=1S/C18H21F3N2O3/c19-18(20,21)12-3-1-11(2-4-12)14-10-23(16(24)5-6-17(25)26)15-7-8-22-9-13(14)15/h1-4,13-15,22H,5-10H2,(H,25,26)/t13-,14-,15-/m1/s1. The number of nitrogens with zero attached hydrogens (tertiary/aromatic N) is 1. The van der Waals surface area contributed by atoms with Crippen LogP contribution in [-0.4, -0.2) is 47.6 Å². The molecule has 2 heterocycles. The van der Waals surface area contributed by atoms with Gasteiger partial charge in [-0.05, 0) is 30.7 Å². The average Bonchev–Trinajstić information content (AvgIpc) is 2.99. The number of nitrogens with one attached hydrogen (secondary N) is 1. The number of hydrogen-bond acceptors (Lipinski definition) is 3. The summed E-state index contributed by atoms with van der Waals surface area (Å²) in [5.41, 5.74) is 0.0946. The summed E-state index contributed by atoms with van der Waals surface area (Å²) >= 11 is 0. The number of rotatable bonds is 4. The smallest absolute Gasteiger partial charge is 0.416 e. The van der Waals surface area contributed by atoms with E-state index in [1.807, 2.05) is 0 Å². The molecule has 1 aromatic rings. The van der Waals surface area contributed by atoms with Gasteiger partial charge in [0.1, 0.15) is 0 Å². The third kappa shape index (κ3) is 3.85. The summed E-state index contributed by atoms with van der Waals surface area (Å²) < 4.78 is 38.3. The van der Waals surface area contributed by atoms with Crippen LogP contribution in [0.1, 0.15) is 36.3 Å². The molecule has 26 heavy (non-hydrogen) atoms. The van der Waals surface area contributed by atoms with Crippen molar-refractivity contribution in [2.24, 2.45) is 5.92 Å². The number of hydrogen-bond donors (Lipinski definition) is 2. The summed E-state index contributed by atoms with van der Waals surface area (Å²) in [6, 6.07) is 5.14. The van der Waals surface area contributed by atoms with Crippen LogP contribution in [0.15, 0.2) is 24.3 Å². The van der Waals surface area contributed by atoms with E-state index in [-0.39, 0.29) is 36.6 Å². The van der Waals surface area contributed by atoms with Gasteiger partial charge < -0.3 is 15.3 Å². The number of carboxylic acids is 1. The van der Waals surface area contributed by atoms with Gasteiger partial charge in [0.25, 0.3) is 0 Å². The molecule has 8 heteroatoms. The molecule has 0 saturated carbocycles. The lowest BCUT2D eigenvalue weighted by Crippen LogP contribution is -2.46. The van der Waals surface area contributed by atoms with Crippen LogP contribution in [0.4, 0.5) is 13.2 Å². The molecule has 2 N–H and O–H groups in total. The minimum absolute atomic E-state index is 0.00448. The second-order valence-corrected chi connectivity index (χ2v) is 6.89. The monoisotopic (exact) mass is 370 g/mol. The number of likely N-dealkylation sites (tertiary alicyclic amines) is 1. The molecule has 0 spiro atoms. The number of aliphatic carboxylic acids is 1. The molecule has 0 unspecified atom stereocenters. The van der Waals surface area contributed by atoms with E-state index >= 15 is 0 Å². The van der Waals surface area contributed by atoms with Crippen molar-refractivity contribution in [2.75, 3.05) is 19.6 Å². The average molecular weight is 370 g/mol. The van der Waals surface area contributed by atoms with Gasteiger partial charge in [-0.3, -0.25) is 9.59 Å². The third-order valence-corrected chi connectivity index (χ3v) is 5.34. The Morgan fingerprint density at radius 2 is 1.88 bits per heavy atom. The number of carbonyl (C=O) groups is 2. The van der Waals surface area contributed by atoms with Crippen LogP contribution >= 0.6 is 0 Å². The van der Waals surface area contributed by atoms with E-state index in [1.54, 1.807) is 4.90 Å². The Morgan fingerprint density at radius 3 is 2.50 bits per heavy atom. The zero-order valence-electron chi connectivity index (χ0n) is 14.1. The number of amides is 1. The van der Waals surface area contributed by atoms with Crippen molar-refractivity contribution in [1.29, 1.82) is 0 Å². The van der Waals surface area contributed by atoms with Gasteiger partial charge in [0.15, 0.2) is 0 Å². The fraction of sp³-hybridized carbons (Fsp3) is 0.556. The molecule has 0 bridgehead atoms. The molecule has 3 atom stereocenters. The summed E-state index contributed by atoms with van der Waals surface area (Å²) in [4.78, 5) is 24.9. The summed E-state index contributed by atoms with van der Waals surface area (Å²) in [5.74, 6) is -1.14. The van der Waals surface area contributed by atoms with Crippen LogP contribution < -0.4 is 5.32 Å². The maximum Gasteiger partial charge on any atom is 0.416 e. The van der Waals surface area contributed by atoms with Crippen molar-refractivity contribution in [3.63, 3.8) is 0 Å². The summed E-state index contributed by atoms with van der Waals surface area (Å²) in [5, 5.41) is 12.1. The zero-order chi connectivity index (χ0) is 18.9. The number of alkyl halides is 3. The van der Waals surface area contributed by atoms with Gasteiger partial charge in [-0.2, -0.15) is 13.2 Å². The number of halogens is 3. The Bertz CT molecular complexity index is 675. The second-order valence-electron chi connectivity index (χ2n) is 6.89. The lowest BCUT2D eigenvalue weighted by Gasteiger charge is -2.33. The first-order chi connectivity index (χ1) is 12.3. The number of fused-ring (bicyclic) bond motifs is 1. The minimum atomic E-state index is -4.37. The Labute approximate surface area is 149 Å². The highest BCUT2D eigenvalue weighted by Gasteiger charge is 2.45. The first-order valence-electron chi connectivity index (χ1n) is 8.66. The molecule has 2 saturated heterocycles. The number of benzene rings is 1. The maximum absolute atomic E-state index is 12.8. The number of carboxylic acid groups (broad SMARTS) is 1. The fourth-order valence-corrected chi connectivity index (χ4v) is 4.07. The van der Waals surface area contributed by atoms with Crippen LogP contribution in [0.3, 0.4) is 0 Å². The van der Waals surface area contributed by atoms with E-state index in [9.17, 15) is 22.8 Å². The molecular formula is C18H21F3N2O3. The van der Waals surface area contributed by atoms with Crippen molar-refractivity contribution in [3.8, 4) is 0 Å². The van der Waals surface area contributed by atoms with Crippen LogP contribution in [0.2, 0.25) is 0 Å². The topological polar surface area (TPSA) is 69.6 Å². The quantitative estimate of drug-likeness (QED) is 0.854. The lowest BCUT2D eigenvalue weighted by molar-refractivity contribution is -0.141. The zero-order valence-corrected chi connectivity index (χ0v) is 14.1. The predicted octanol–water partition coefficient (Wildman–Crippen LogP) is 2.47. The minimum Gasteiger partial charge on any atom is -0.481 e. The van der Waals surface area contributed by atoms with Gasteiger partial charge in [0, 0.05) is 37.4 Å². The molecule has 1 aromatic carbocycles. The number of piperidine rings is 1. The van der Waals surface area contributed by atoms with Crippen molar-refractivity contribution >= 4 is 11.9 Å². The highest BCUT2D eigenvalue weighted by atomic mass is 19.4. The Hall–Kier alpha value is -2.09. The van der Waals surface area contributed by atoms with Crippen molar-refractivity contribution < 1.29 is 27.9 Å². The molecule has 0 aliphatic carbocycles. The normalized spacial score (nSPS) is 25.8. The Balaban J connectivity index is 1.79. The molecule has 2 aliphatic heterocycles. The first kappa shape index (κ1) is 18.7. The summed E-state index contributed by atoms with van der Waals surface area (Å²) in [6.45, 7) is 1.88. The largest absolute Gasteiger partial charge is 0.481 e. The molecule has 1 amide bonds. The van der Waals surface area contributed by atoms with Gasteiger partial charge in [0.05, 0.1) is 12.0 Å². The lowest BCUT2D eigenvalue weighted by atomic mass is 9.82. The maximum atomic E-state index is 12.8. The highest BCUT2D eigenvalue weighted by Crippen LogP contribution is 2.41. The van der Waals surface area contributed by atoms with Gasteiger partial charge in [-0.1, -0.05) is 12.1 Å². The van der Waals surface area contributed by atoms with Gasteiger partial charge in [-0.15, -0.1) is 0 Å². The third-order valence-electron chi connectivity index (χ3n) is 5.34. The molecule has 2 fully saturated rings. The highest BCUT2D eigenvalue weighted by molar-refractivity contribution is 5.81. The van der Waals surface area contributed by atoms with E-state index in [0.717, 1.165) is 30.7 Å². The Kier molecular flexibility index (Phi) is 5.22. The van der Waals surface area contributed by atoms with Crippen LogP contribution in [0.5, 0.6) is 0 Å². The molecule has 0 radical (unpaired) electrons. The molecule has 2 aliphatic rings. The van der Waals surface area contributed by atoms with Crippen LogP contribution in [0, 0.1) is 5.92 Å². The van der Waals surface area contributed by atoms with E-state index in [4.69, 9.17) is 5.11 Å².